The second-order valence-electron chi connectivity index (χ2n) is 3.20. The van der Waals surface area contributed by atoms with Crippen molar-refractivity contribution in [3.63, 3.8) is 0 Å². The van der Waals surface area contributed by atoms with E-state index in [1.165, 1.54) is 12.5 Å². The number of hydrogen-bond acceptors (Lipinski definition) is 3. The number of carbonyl (C=O) groups is 1. The van der Waals surface area contributed by atoms with Crippen molar-refractivity contribution in [2.45, 2.75) is 17.7 Å². The van der Waals surface area contributed by atoms with Crippen LogP contribution in [0.5, 0.6) is 0 Å². The summed E-state index contributed by atoms with van der Waals surface area (Å²) in [6.07, 6.45) is 4.17. The molecular weight excluding hydrogens is 174 g/mol. The third-order valence-corrected chi connectivity index (χ3v) is 3.74. The number of aliphatic carboxylic acids is 1. The van der Waals surface area contributed by atoms with Crippen molar-refractivity contribution in [3.8, 4) is 0 Å². The number of rotatable bonds is 2. The van der Waals surface area contributed by atoms with Crippen LogP contribution in [-0.2, 0) is 4.79 Å². The molecule has 2 rings (SSSR count). The van der Waals surface area contributed by atoms with Crippen LogP contribution in [-0.4, -0.2) is 39.6 Å². The molecule has 0 saturated carbocycles. The van der Waals surface area contributed by atoms with Gasteiger partial charge in [0.1, 0.15) is 0 Å². The predicted octanol–water partition coefficient (Wildman–Crippen LogP) is 0.774. The van der Waals surface area contributed by atoms with Gasteiger partial charge in [-0.05, 0) is 6.42 Å². The van der Waals surface area contributed by atoms with Crippen LogP contribution in [0.15, 0.2) is 12.3 Å². The Morgan fingerprint density at radius 2 is 2.50 bits per heavy atom. The van der Waals surface area contributed by atoms with Gasteiger partial charge < -0.3 is 10.0 Å². The molecule has 0 aromatic heterocycles. The molecule has 4 heteroatoms. The van der Waals surface area contributed by atoms with Crippen LogP contribution in [0.25, 0.3) is 0 Å². The quantitative estimate of drug-likeness (QED) is 0.645. The van der Waals surface area contributed by atoms with E-state index in [1.54, 1.807) is 6.20 Å². The van der Waals surface area contributed by atoms with E-state index in [-0.39, 0.29) is 0 Å². The van der Waals surface area contributed by atoms with Crippen molar-refractivity contribution in [3.05, 3.63) is 12.3 Å². The summed E-state index contributed by atoms with van der Waals surface area (Å²) in [7, 11) is 0. The van der Waals surface area contributed by atoms with Crippen molar-refractivity contribution < 1.29 is 9.90 Å². The maximum absolute atomic E-state index is 10.2. The highest BCUT2D eigenvalue weighted by atomic mass is 32.2. The lowest BCUT2D eigenvalue weighted by Gasteiger charge is -2.24. The molecule has 0 radical (unpaired) electrons. The van der Waals surface area contributed by atoms with Gasteiger partial charge in [0.15, 0.2) is 0 Å². The van der Waals surface area contributed by atoms with Crippen LogP contribution in [0.4, 0.5) is 0 Å². The zero-order chi connectivity index (χ0) is 8.55. The molecular formula is C8H11NO2S. The minimum Gasteiger partial charge on any atom is -0.478 e. The van der Waals surface area contributed by atoms with E-state index in [4.69, 9.17) is 5.11 Å². The normalized spacial score (nSPS) is 33.5. The molecule has 2 bridgehead atoms. The van der Waals surface area contributed by atoms with Crippen LogP contribution in [0.1, 0.15) is 6.42 Å². The van der Waals surface area contributed by atoms with Gasteiger partial charge in [-0.15, -0.1) is 0 Å². The Labute approximate surface area is 75.4 Å². The molecule has 2 fully saturated rings. The van der Waals surface area contributed by atoms with Gasteiger partial charge in [-0.3, -0.25) is 0 Å². The van der Waals surface area contributed by atoms with E-state index in [9.17, 15) is 4.79 Å². The van der Waals surface area contributed by atoms with E-state index < -0.39 is 5.97 Å². The molecule has 0 aromatic rings. The SMILES string of the molecule is O=C(O)/C=C/N1CC2CC1CS2. The largest absolute Gasteiger partial charge is 0.478 e. The van der Waals surface area contributed by atoms with Gasteiger partial charge in [0.2, 0.25) is 0 Å². The Morgan fingerprint density at radius 1 is 1.67 bits per heavy atom. The predicted molar refractivity (Wildman–Crippen MR) is 48.1 cm³/mol. The van der Waals surface area contributed by atoms with E-state index in [1.807, 2.05) is 11.8 Å². The molecule has 2 heterocycles. The first kappa shape index (κ1) is 7.98. The average molecular weight is 185 g/mol. The first-order chi connectivity index (χ1) is 5.75. The molecule has 3 nitrogen and oxygen atoms in total. The third-order valence-electron chi connectivity index (χ3n) is 2.35. The lowest BCUT2D eigenvalue weighted by molar-refractivity contribution is -0.131. The van der Waals surface area contributed by atoms with Crippen molar-refractivity contribution in [2.24, 2.45) is 0 Å². The minimum absolute atomic E-state index is 0.593. The van der Waals surface area contributed by atoms with Crippen LogP contribution in [0.3, 0.4) is 0 Å². The number of carboxylic acid groups (broad SMARTS) is 1. The first-order valence-corrected chi connectivity index (χ1v) is 5.09. The van der Waals surface area contributed by atoms with Gasteiger partial charge in [-0.2, -0.15) is 11.8 Å². The van der Waals surface area contributed by atoms with E-state index in [2.05, 4.69) is 4.90 Å². The third kappa shape index (κ3) is 1.43. The second-order valence-corrected chi connectivity index (χ2v) is 4.53. The van der Waals surface area contributed by atoms with Gasteiger partial charge in [0.25, 0.3) is 0 Å². The topological polar surface area (TPSA) is 40.5 Å². The van der Waals surface area contributed by atoms with Gasteiger partial charge in [-0.25, -0.2) is 4.79 Å². The summed E-state index contributed by atoms with van der Waals surface area (Å²) in [6, 6.07) is 0.593. The molecule has 0 aromatic carbocycles. The van der Waals surface area contributed by atoms with Gasteiger partial charge >= 0.3 is 5.97 Å². The van der Waals surface area contributed by atoms with E-state index >= 15 is 0 Å². The fourth-order valence-electron chi connectivity index (χ4n) is 1.77. The lowest BCUT2D eigenvalue weighted by Crippen LogP contribution is -2.29. The summed E-state index contributed by atoms with van der Waals surface area (Å²) in [6.45, 7) is 1.03. The van der Waals surface area contributed by atoms with E-state index in [0.717, 1.165) is 17.5 Å². The Hall–Kier alpha value is -0.640. The molecule has 0 amide bonds. The summed E-state index contributed by atoms with van der Waals surface area (Å²) in [5.41, 5.74) is 0. The number of fused-ring (bicyclic) bond motifs is 2. The smallest absolute Gasteiger partial charge is 0.329 e. The number of carboxylic acids is 1. The molecule has 66 valence electrons. The minimum atomic E-state index is -0.856. The van der Waals surface area contributed by atoms with Crippen LogP contribution in [0.2, 0.25) is 0 Å². The Morgan fingerprint density at radius 3 is 3.00 bits per heavy atom. The maximum Gasteiger partial charge on any atom is 0.329 e. The molecule has 1 N–H and O–H groups in total. The zero-order valence-electron chi connectivity index (χ0n) is 6.64. The highest BCUT2D eigenvalue weighted by molar-refractivity contribution is 8.00. The Bertz CT molecular complexity index is 229. The number of hydrogen-bond donors (Lipinski definition) is 1. The van der Waals surface area contributed by atoms with Gasteiger partial charge in [-0.1, -0.05) is 0 Å². The summed E-state index contributed by atoms with van der Waals surface area (Å²) in [5, 5.41) is 9.17. The van der Waals surface area contributed by atoms with Crippen molar-refractivity contribution in [1.29, 1.82) is 0 Å². The number of thioether (sulfide) groups is 1. The fourth-order valence-corrected chi connectivity index (χ4v) is 3.23. The van der Waals surface area contributed by atoms with Gasteiger partial charge in [0.05, 0.1) is 0 Å². The summed E-state index contributed by atoms with van der Waals surface area (Å²) >= 11 is 2.01. The van der Waals surface area contributed by atoms with Gasteiger partial charge in [0, 0.05) is 35.9 Å². The Balaban J connectivity index is 1.94. The fraction of sp³-hybridized carbons (Fsp3) is 0.625. The Kier molecular flexibility index (Phi) is 2.00. The highest BCUT2D eigenvalue weighted by Crippen LogP contribution is 2.37. The van der Waals surface area contributed by atoms with Crippen molar-refractivity contribution in [2.75, 3.05) is 12.3 Å². The molecule has 0 spiro atoms. The molecule has 0 aliphatic carbocycles. The lowest BCUT2D eigenvalue weighted by atomic mass is 10.2. The number of likely N-dealkylation sites (tertiary alicyclic amines) is 1. The first-order valence-electron chi connectivity index (χ1n) is 4.04. The monoisotopic (exact) mass is 185 g/mol. The maximum atomic E-state index is 10.2. The van der Waals surface area contributed by atoms with Crippen molar-refractivity contribution >= 4 is 17.7 Å². The molecule has 2 aliphatic rings. The molecule has 12 heavy (non-hydrogen) atoms. The van der Waals surface area contributed by atoms with Crippen LogP contribution >= 0.6 is 11.8 Å². The van der Waals surface area contributed by atoms with Crippen LogP contribution in [0, 0.1) is 0 Å². The molecule has 2 atom stereocenters. The highest BCUT2D eigenvalue weighted by Gasteiger charge is 2.36. The molecule has 2 saturated heterocycles. The second kappa shape index (κ2) is 3.01. The van der Waals surface area contributed by atoms with Crippen LogP contribution < -0.4 is 0 Å². The standard InChI is InChI=1S/C8H11NO2S/c10-8(11)1-2-9-4-7-3-6(9)5-12-7/h1-2,6-7H,3-5H2,(H,10,11)/b2-1+. The molecule has 2 unspecified atom stereocenters. The summed E-state index contributed by atoms with van der Waals surface area (Å²) in [5.74, 6) is 0.305. The number of nitrogens with zero attached hydrogens (tertiary/aromatic N) is 1. The van der Waals surface area contributed by atoms with E-state index in [0.29, 0.717) is 6.04 Å². The van der Waals surface area contributed by atoms with Crippen molar-refractivity contribution in [1.82, 2.24) is 4.90 Å². The molecule has 2 aliphatic heterocycles. The summed E-state index contributed by atoms with van der Waals surface area (Å²) in [4.78, 5) is 12.4. The zero-order valence-corrected chi connectivity index (χ0v) is 7.46. The average Bonchev–Trinajstić information content (AvgIpc) is 2.60. The summed E-state index contributed by atoms with van der Waals surface area (Å²) < 4.78 is 0.